The molecule has 0 bridgehead atoms. The quantitative estimate of drug-likeness (QED) is 0.597. The highest BCUT2D eigenvalue weighted by molar-refractivity contribution is 5.94. The molecule has 2 amide bonds. The molecule has 3 aliphatic rings. The zero-order valence-corrected chi connectivity index (χ0v) is 20.5. The molecule has 2 saturated heterocycles. The maximum atomic E-state index is 14.2. The first-order valence-electron chi connectivity index (χ1n) is 12.4. The van der Waals surface area contributed by atoms with Crippen molar-refractivity contribution in [1.29, 1.82) is 0 Å². The Kier molecular flexibility index (Phi) is 6.67. The van der Waals surface area contributed by atoms with Gasteiger partial charge < -0.3 is 19.4 Å². The fourth-order valence-corrected chi connectivity index (χ4v) is 5.50. The van der Waals surface area contributed by atoms with Crippen LogP contribution in [0.4, 0.5) is 18.9 Å². The summed E-state index contributed by atoms with van der Waals surface area (Å²) in [6, 6.07) is 1.48. The topological polar surface area (TPSA) is 70.9 Å². The number of hydrogen-bond acceptors (Lipinski definition) is 5. The molecular formula is C25H30F3N5O3. The lowest BCUT2D eigenvalue weighted by Crippen LogP contribution is -2.50. The third-order valence-corrected chi connectivity index (χ3v) is 7.15. The summed E-state index contributed by atoms with van der Waals surface area (Å²) in [4.78, 5) is 31.4. The van der Waals surface area contributed by atoms with Gasteiger partial charge in [-0.15, -0.1) is 0 Å². The van der Waals surface area contributed by atoms with E-state index >= 15 is 0 Å². The standard InChI is InChI=1S/C25H30F3N5O3/c1-15-12-32(13-16(2)36-15)25(35)24-18-4-3-5-20(18)33(29-24)14-22(34)31-8-6-30(7-9-31)21-11-17(26)10-19(27)23(21)28/h10-11,15-16H,3-9,12-14H2,1-2H3/t15-,16+. The summed E-state index contributed by atoms with van der Waals surface area (Å²) in [5.41, 5.74) is 2.13. The molecule has 2 fully saturated rings. The number of carbonyl (C=O) groups excluding carboxylic acids is 2. The lowest BCUT2D eigenvalue weighted by Gasteiger charge is -2.36. The molecular weight excluding hydrogens is 475 g/mol. The summed E-state index contributed by atoms with van der Waals surface area (Å²) < 4.78 is 48.8. The SMILES string of the molecule is C[C@@H]1CN(C(=O)c2nn(CC(=O)N3CCN(c4cc(F)cc(F)c4F)CC3)c3c2CCC3)C[C@H](C)O1. The normalized spacial score (nSPS) is 22.2. The molecule has 36 heavy (non-hydrogen) atoms. The molecule has 3 heterocycles. The highest BCUT2D eigenvalue weighted by Gasteiger charge is 2.33. The second-order valence-electron chi connectivity index (χ2n) is 9.84. The Morgan fingerprint density at radius 2 is 1.69 bits per heavy atom. The van der Waals surface area contributed by atoms with Crippen molar-refractivity contribution < 1.29 is 27.5 Å². The van der Waals surface area contributed by atoms with E-state index in [0.717, 1.165) is 36.6 Å². The largest absolute Gasteiger partial charge is 0.372 e. The minimum Gasteiger partial charge on any atom is -0.372 e. The number of benzene rings is 1. The first-order valence-corrected chi connectivity index (χ1v) is 12.4. The molecule has 8 nitrogen and oxygen atoms in total. The number of halogens is 3. The number of piperazine rings is 1. The van der Waals surface area contributed by atoms with Gasteiger partial charge in [0.15, 0.2) is 17.3 Å². The van der Waals surface area contributed by atoms with E-state index < -0.39 is 17.5 Å². The molecule has 2 aliphatic heterocycles. The lowest BCUT2D eigenvalue weighted by molar-refractivity contribution is -0.132. The van der Waals surface area contributed by atoms with Gasteiger partial charge in [0, 0.05) is 62.7 Å². The molecule has 2 atom stereocenters. The van der Waals surface area contributed by atoms with Gasteiger partial charge in [-0.2, -0.15) is 5.10 Å². The van der Waals surface area contributed by atoms with Crippen LogP contribution >= 0.6 is 0 Å². The van der Waals surface area contributed by atoms with Crippen LogP contribution in [0.2, 0.25) is 0 Å². The van der Waals surface area contributed by atoms with E-state index in [1.54, 1.807) is 14.5 Å². The van der Waals surface area contributed by atoms with Crippen molar-refractivity contribution in [3.05, 3.63) is 46.5 Å². The molecule has 0 saturated carbocycles. The number of carbonyl (C=O) groups is 2. The van der Waals surface area contributed by atoms with E-state index in [4.69, 9.17) is 4.74 Å². The first kappa shape index (κ1) is 24.6. The number of aromatic nitrogens is 2. The van der Waals surface area contributed by atoms with Gasteiger partial charge in [0.25, 0.3) is 5.91 Å². The Labute approximate surface area is 207 Å². The predicted octanol–water partition coefficient (Wildman–Crippen LogP) is 2.39. The first-order chi connectivity index (χ1) is 17.2. The van der Waals surface area contributed by atoms with Crippen molar-refractivity contribution in [2.24, 2.45) is 0 Å². The molecule has 0 radical (unpaired) electrons. The van der Waals surface area contributed by atoms with Crippen molar-refractivity contribution in [2.45, 2.75) is 51.9 Å². The zero-order chi connectivity index (χ0) is 25.6. The van der Waals surface area contributed by atoms with E-state index in [9.17, 15) is 22.8 Å². The van der Waals surface area contributed by atoms with Crippen LogP contribution < -0.4 is 4.90 Å². The summed E-state index contributed by atoms with van der Waals surface area (Å²) in [5.74, 6) is -3.46. The Bertz CT molecular complexity index is 1170. The highest BCUT2D eigenvalue weighted by atomic mass is 19.2. The number of amides is 2. The fourth-order valence-electron chi connectivity index (χ4n) is 5.50. The van der Waals surface area contributed by atoms with Gasteiger partial charge in [0.2, 0.25) is 5.91 Å². The number of fused-ring (bicyclic) bond motifs is 1. The molecule has 0 spiro atoms. The monoisotopic (exact) mass is 505 g/mol. The van der Waals surface area contributed by atoms with E-state index in [1.165, 1.54) is 4.90 Å². The van der Waals surface area contributed by atoms with Crippen LogP contribution in [0.3, 0.4) is 0 Å². The number of nitrogens with zero attached hydrogens (tertiary/aromatic N) is 5. The van der Waals surface area contributed by atoms with Crippen LogP contribution in [-0.2, 0) is 28.9 Å². The Balaban J connectivity index is 1.26. The Hall–Kier alpha value is -3.08. The van der Waals surface area contributed by atoms with Gasteiger partial charge in [-0.3, -0.25) is 14.3 Å². The van der Waals surface area contributed by atoms with E-state index in [1.807, 2.05) is 13.8 Å². The molecule has 11 heteroatoms. The molecule has 1 aromatic carbocycles. The van der Waals surface area contributed by atoms with Crippen LogP contribution in [0.5, 0.6) is 0 Å². The second-order valence-corrected chi connectivity index (χ2v) is 9.84. The third-order valence-electron chi connectivity index (χ3n) is 7.15. The predicted molar refractivity (Wildman–Crippen MR) is 125 cm³/mol. The van der Waals surface area contributed by atoms with Gasteiger partial charge in [-0.25, -0.2) is 13.2 Å². The van der Waals surface area contributed by atoms with Crippen LogP contribution in [0.1, 0.15) is 42.0 Å². The van der Waals surface area contributed by atoms with Crippen molar-refractivity contribution in [3.63, 3.8) is 0 Å². The number of morpholine rings is 1. The summed E-state index contributed by atoms with van der Waals surface area (Å²) in [6.45, 7) is 5.97. The van der Waals surface area contributed by atoms with Gasteiger partial charge in [0.05, 0.1) is 17.9 Å². The van der Waals surface area contributed by atoms with Crippen molar-refractivity contribution in [1.82, 2.24) is 19.6 Å². The minimum atomic E-state index is -1.23. The van der Waals surface area contributed by atoms with E-state index in [2.05, 4.69) is 5.10 Å². The second kappa shape index (κ2) is 9.76. The van der Waals surface area contributed by atoms with Crippen molar-refractivity contribution in [2.75, 3.05) is 44.2 Å². The zero-order valence-electron chi connectivity index (χ0n) is 20.5. The molecule has 0 N–H and O–H groups in total. The van der Waals surface area contributed by atoms with Crippen LogP contribution in [0.15, 0.2) is 12.1 Å². The highest BCUT2D eigenvalue weighted by Crippen LogP contribution is 2.28. The summed E-state index contributed by atoms with van der Waals surface area (Å²) in [6.07, 6.45) is 2.33. The van der Waals surface area contributed by atoms with Crippen LogP contribution in [0.25, 0.3) is 0 Å². The lowest BCUT2D eigenvalue weighted by atomic mass is 10.1. The molecule has 1 aromatic heterocycles. The van der Waals surface area contributed by atoms with E-state index in [-0.39, 0.29) is 62.4 Å². The van der Waals surface area contributed by atoms with Crippen molar-refractivity contribution >= 4 is 17.5 Å². The van der Waals surface area contributed by atoms with E-state index in [0.29, 0.717) is 24.8 Å². The fraction of sp³-hybridized carbons (Fsp3) is 0.560. The molecule has 5 rings (SSSR count). The van der Waals surface area contributed by atoms with Gasteiger partial charge in [-0.05, 0) is 33.1 Å². The maximum Gasteiger partial charge on any atom is 0.274 e. The van der Waals surface area contributed by atoms with Gasteiger partial charge >= 0.3 is 0 Å². The number of anilines is 1. The summed E-state index contributed by atoms with van der Waals surface area (Å²) in [5, 5.41) is 4.58. The van der Waals surface area contributed by atoms with Crippen molar-refractivity contribution in [3.8, 4) is 0 Å². The smallest absolute Gasteiger partial charge is 0.274 e. The average Bonchev–Trinajstić information content (AvgIpc) is 3.44. The number of ether oxygens (including phenoxy) is 1. The van der Waals surface area contributed by atoms with Gasteiger partial charge in [0.1, 0.15) is 12.4 Å². The summed E-state index contributed by atoms with van der Waals surface area (Å²) in [7, 11) is 0. The number of rotatable bonds is 4. The summed E-state index contributed by atoms with van der Waals surface area (Å²) >= 11 is 0. The Morgan fingerprint density at radius 3 is 2.39 bits per heavy atom. The maximum absolute atomic E-state index is 14.2. The Morgan fingerprint density at radius 1 is 1.00 bits per heavy atom. The molecule has 1 aliphatic carbocycles. The minimum absolute atomic E-state index is 0.00842. The van der Waals surface area contributed by atoms with Crippen LogP contribution in [0, 0.1) is 17.5 Å². The third kappa shape index (κ3) is 4.68. The number of hydrogen-bond donors (Lipinski definition) is 0. The average molecular weight is 506 g/mol. The molecule has 0 unspecified atom stereocenters. The van der Waals surface area contributed by atoms with Crippen LogP contribution in [-0.4, -0.2) is 82.9 Å². The molecule has 2 aromatic rings. The molecule has 194 valence electrons. The van der Waals surface area contributed by atoms with Gasteiger partial charge in [-0.1, -0.05) is 0 Å².